The van der Waals surface area contributed by atoms with Crippen molar-refractivity contribution in [3.63, 3.8) is 0 Å². The molecule has 3 nitrogen and oxygen atoms in total. The van der Waals surface area contributed by atoms with Gasteiger partial charge in [-0.05, 0) is 51.8 Å². The van der Waals surface area contributed by atoms with Crippen molar-refractivity contribution >= 4 is 26.8 Å². The third-order valence-electron chi connectivity index (χ3n) is 3.47. The van der Waals surface area contributed by atoms with Gasteiger partial charge in [0.15, 0.2) is 0 Å². The van der Waals surface area contributed by atoms with Gasteiger partial charge in [0.1, 0.15) is 5.75 Å². The van der Waals surface area contributed by atoms with Crippen molar-refractivity contribution in [2.45, 2.75) is 6.54 Å². The van der Waals surface area contributed by atoms with Crippen LogP contribution in [0.5, 0.6) is 5.75 Å². The number of ether oxygens (including phenoxy) is 1. The van der Waals surface area contributed by atoms with Crippen molar-refractivity contribution in [2.75, 3.05) is 7.11 Å². The molecule has 0 atom stereocenters. The molecule has 3 rings (SSSR count). The number of methoxy groups -OCH3 is 1. The van der Waals surface area contributed by atoms with Crippen LogP contribution in [0, 0.1) is 11.3 Å². The summed E-state index contributed by atoms with van der Waals surface area (Å²) in [6.07, 6.45) is 2.05. The lowest BCUT2D eigenvalue weighted by molar-refractivity contribution is 0.414. The lowest BCUT2D eigenvalue weighted by atomic mass is 10.1. The largest absolute Gasteiger partial charge is 0.497 e. The van der Waals surface area contributed by atoms with Crippen molar-refractivity contribution < 1.29 is 4.74 Å². The number of hydrogen-bond donors (Lipinski definition) is 0. The molecule has 2 aromatic carbocycles. The molecule has 0 unspecified atom stereocenters. The van der Waals surface area contributed by atoms with Gasteiger partial charge in [-0.25, -0.2) is 0 Å². The first kappa shape index (κ1) is 13.7. The van der Waals surface area contributed by atoms with Crippen molar-refractivity contribution in [3.05, 3.63) is 64.3 Å². The van der Waals surface area contributed by atoms with E-state index in [0.29, 0.717) is 5.56 Å². The Labute approximate surface area is 131 Å². The fraction of sp³-hybridized carbons (Fsp3) is 0.118. The molecule has 0 bridgehead atoms. The second kappa shape index (κ2) is 5.63. The molecular weight excluding hydrogens is 328 g/mol. The molecule has 0 spiro atoms. The van der Waals surface area contributed by atoms with E-state index < -0.39 is 0 Å². The van der Waals surface area contributed by atoms with Gasteiger partial charge in [-0.15, -0.1) is 0 Å². The summed E-state index contributed by atoms with van der Waals surface area (Å²) < 4.78 is 8.35. The molecule has 4 heteroatoms. The zero-order valence-electron chi connectivity index (χ0n) is 11.5. The fourth-order valence-electron chi connectivity index (χ4n) is 2.38. The highest BCUT2D eigenvalue weighted by atomic mass is 79.9. The lowest BCUT2D eigenvalue weighted by Gasteiger charge is -2.07. The van der Waals surface area contributed by atoms with Crippen LogP contribution < -0.4 is 4.74 Å². The Kier molecular flexibility index (Phi) is 3.68. The van der Waals surface area contributed by atoms with Crippen LogP contribution in [0.4, 0.5) is 0 Å². The molecule has 0 saturated carbocycles. The van der Waals surface area contributed by atoms with Gasteiger partial charge in [0.25, 0.3) is 0 Å². The summed E-state index contributed by atoms with van der Waals surface area (Å²) in [6, 6.07) is 16.0. The van der Waals surface area contributed by atoms with Crippen molar-refractivity contribution in [1.82, 2.24) is 4.57 Å². The van der Waals surface area contributed by atoms with Gasteiger partial charge in [0, 0.05) is 28.1 Å². The van der Waals surface area contributed by atoms with Crippen LogP contribution in [0.3, 0.4) is 0 Å². The zero-order valence-corrected chi connectivity index (χ0v) is 13.1. The van der Waals surface area contributed by atoms with Gasteiger partial charge in [-0.3, -0.25) is 0 Å². The predicted octanol–water partition coefficient (Wildman–Crippen LogP) is 4.33. The third-order valence-corrected chi connectivity index (χ3v) is 4.11. The summed E-state index contributed by atoms with van der Waals surface area (Å²) in [5, 5.41) is 10.1. The maximum Gasteiger partial charge on any atom is 0.118 e. The quantitative estimate of drug-likeness (QED) is 0.711. The molecule has 0 radical (unpaired) electrons. The van der Waals surface area contributed by atoms with E-state index in [0.717, 1.165) is 27.7 Å². The van der Waals surface area contributed by atoms with E-state index in [1.807, 2.05) is 30.3 Å². The van der Waals surface area contributed by atoms with Crippen LogP contribution in [0.15, 0.2) is 53.1 Å². The number of aromatic nitrogens is 1. The molecule has 3 aromatic rings. The van der Waals surface area contributed by atoms with Crippen LogP contribution in [0.1, 0.15) is 11.1 Å². The maximum absolute atomic E-state index is 9.00. The molecule has 0 aliphatic rings. The average Bonchev–Trinajstić information content (AvgIpc) is 2.83. The molecule has 0 amide bonds. The Balaban J connectivity index is 1.98. The van der Waals surface area contributed by atoms with E-state index in [1.165, 1.54) is 5.56 Å². The van der Waals surface area contributed by atoms with Crippen LogP contribution >= 0.6 is 15.9 Å². The number of fused-ring (bicyclic) bond motifs is 1. The maximum atomic E-state index is 9.00. The van der Waals surface area contributed by atoms with Crippen LogP contribution in [-0.2, 0) is 6.54 Å². The first-order valence-corrected chi connectivity index (χ1v) is 7.32. The van der Waals surface area contributed by atoms with Gasteiger partial charge in [0.05, 0.1) is 18.7 Å². The number of rotatable bonds is 3. The highest BCUT2D eigenvalue weighted by molar-refractivity contribution is 9.10. The number of halogens is 1. The Morgan fingerprint density at radius 3 is 2.62 bits per heavy atom. The third kappa shape index (κ3) is 2.65. The molecule has 0 aliphatic carbocycles. The van der Waals surface area contributed by atoms with Crippen LogP contribution in [-0.4, -0.2) is 11.7 Å². The van der Waals surface area contributed by atoms with Gasteiger partial charge in [-0.1, -0.05) is 12.1 Å². The van der Waals surface area contributed by atoms with E-state index in [1.54, 1.807) is 7.11 Å². The first-order valence-electron chi connectivity index (χ1n) is 6.52. The molecular formula is C17H13BrN2O. The summed E-state index contributed by atoms with van der Waals surface area (Å²) in [7, 11) is 1.67. The van der Waals surface area contributed by atoms with Crippen molar-refractivity contribution in [3.8, 4) is 11.8 Å². The van der Waals surface area contributed by atoms with Crippen LogP contribution in [0.25, 0.3) is 10.9 Å². The fourth-order valence-corrected chi connectivity index (χ4v) is 2.95. The van der Waals surface area contributed by atoms with Gasteiger partial charge in [0.2, 0.25) is 0 Å². The molecule has 0 fully saturated rings. The lowest BCUT2D eigenvalue weighted by Crippen LogP contribution is -1.97. The Morgan fingerprint density at radius 2 is 1.95 bits per heavy atom. The van der Waals surface area contributed by atoms with E-state index >= 15 is 0 Å². The second-order valence-corrected chi connectivity index (χ2v) is 5.65. The molecule has 0 saturated heterocycles. The normalized spacial score (nSPS) is 10.5. The summed E-state index contributed by atoms with van der Waals surface area (Å²) in [5.41, 5.74) is 2.98. The minimum Gasteiger partial charge on any atom is -0.497 e. The standard InChI is InChI=1S/C17H13BrN2O/c1-21-14-5-2-12(3-6-14)10-20-11-16(18)15-8-13(9-19)4-7-17(15)20/h2-8,11H,10H2,1H3. The first-order chi connectivity index (χ1) is 10.2. The highest BCUT2D eigenvalue weighted by Gasteiger charge is 2.08. The van der Waals surface area contributed by atoms with Gasteiger partial charge < -0.3 is 9.30 Å². The van der Waals surface area contributed by atoms with E-state index in [9.17, 15) is 0 Å². The number of nitrogens with zero attached hydrogens (tertiary/aromatic N) is 2. The molecule has 1 heterocycles. The number of benzene rings is 2. The summed E-state index contributed by atoms with van der Waals surface area (Å²) >= 11 is 3.57. The Hall–Kier alpha value is -2.25. The molecule has 1 aromatic heterocycles. The van der Waals surface area contributed by atoms with E-state index in [4.69, 9.17) is 10.00 Å². The summed E-state index contributed by atoms with van der Waals surface area (Å²) in [5.74, 6) is 0.857. The predicted molar refractivity (Wildman–Crippen MR) is 86.4 cm³/mol. The smallest absolute Gasteiger partial charge is 0.118 e. The van der Waals surface area contributed by atoms with E-state index in [2.05, 4.69) is 44.9 Å². The molecule has 21 heavy (non-hydrogen) atoms. The van der Waals surface area contributed by atoms with E-state index in [-0.39, 0.29) is 0 Å². The minimum atomic E-state index is 0.672. The highest BCUT2D eigenvalue weighted by Crippen LogP contribution is 2.28. The Bertz CT molecular complexity index is 828. The van der Waals surface area contributed by atoms with Crippen molar-refractivity contribution in [2.24, 2.45) is 0 Å². The molecule has 0 aliphatic heterocycles. The van der Waals surface area contributed by atoms with Crippen LogP contribution in [0.2, 0.25) is 0 Å². The topological polar surface area (TPSA) is 38.0 Å². The van der Waals surface area contributed by atoms with Gasteiger partial charge >= 0.3 is 0 Å². The number of hydrogen-bond acceptors (Lipinski definition) is 2. The second-order valence-electron chi connectivity index (χ2n) is 4.80. The van der Waals surface area contributed by atoms with Crippen molar-refractivity contribution in [1.29, 1.82) is 5.26 Å². The number of nitriles is 1. The minimum absolute atomic E-state index is 0.672. The zero-order chi connectivity index (χ0) is 14.8. The SMILES string of the molecule is COc1ccc(Cn2cc(Br)c3cc(C#N)ccc32)cc1. The average molecular weight is 341 g/mol. The summed E-state index contributed by atoms with van der Waals surface area (Å²) in [4.78, 5) is 0. The molecule has 104 valence electrons. The monoisotopic (exact) mass is 340 g/mol. The summed E-state index contributed by atoms with van der Waals surface area (Å²) in [6.45, 7) is 0.776. The molecule has 0 N–H and O–H groups in total. The van der Waals surface area contributed by atoms with Gasteiger partial charge in [-0.2, -0.15) is 5.26 Å². The Morgan fingerprint density at radius 1 is 1.19 bits per heavy atom.